The SMILES string of the molecule is CC(C)(C)C(O)CNC(=O)Cc1c[nH]c2cc(Cl)ccc12. The molecule has 0 fully saturated rings. The smallest absolute Gasteiger partial charge is 0.224 e. The molecule has 114 valence electrons. The number of rotatable bonds is 4. The third kappa shape index (κ3) is 3.99. The molecule has 1 aromatic carbocycles. The fourth-order valence-corrected chi connectivity index (χ4v) is 2.23. The van der Waals surface area contributed by atoms with Crippen molar-refractivity contribution in [3.8, 4) is 0 Å². The van der Waals surface area contributed by atoms with Crippen LogP contribution in [0.1, 0.15) is 26.3 Å². The van der Waals surface area contributed by atoms with E-state index in [1.807, 2.05) is 45.2 Å². The lowest BCUT2D eigenvalue weighted by Crippen LogP contribution is -2.39. The molecule has 2 rings (SSSR count). The van der Waals surface area contributed by atoms with Gasteiger partial charge in [-0.15, -0.1) is 0 Å². The van der Waals surface area contributed by atoms with Crippen molar-refractivity contribution in [1.29, 1.82) is 0 Å². The number of aromatic nitrogens is 1. The third-order valence-corrected chi connectivity index (χ3v) is 3.81. The van der Waals surface area contributed by atoms with Crippen molar-refractivity contribution in [3.63, 3.8) is 0 Å². The van der Waals surface area contributed by atoms with Gasteiger partial charge in [-0.05, 0) is 23.1 Å². The number of nitrogens with one attached hydrogen (secondary N) is 2. The van der Waals surface area contributed by atoms with Crippen molar-refractivity contribution in [2.75, 3.05) is 6.54 Å². The lowest BCUT2D eigenvalue weighted by molar-refractivity contribution is -0.121. The van der Waals surface area contributed by atoms with Gasteiger partial charge in [0.1, 0.15) is 0 Å². The van der Waals surface area contributed by atoms with Gasteiger partial charge in [-0.25, -0.2) is 0 Å². The Labute approximate surface area is 129 Å². The summed E-state index contributed by atoms with van der Waals surface area (Å²) in [5.41, 5.74) is 1.59. The Kier molecular flexibility index (Phi) is 4.59. The highest BCUT2D eigenvalue weighted by Gasteiger charge is 2.22. The van der Waals surface area contributed by atoms with Crippen molar-refractivity contribution < 1.29 is 9.90 Å². The number of hydrogen-bond donors (Lipinski definition) is 3. The Morgan fingerprint density at radius 2 is 2.14 bits per heavy atom. The van der Waals surface area contributed by atoms with Crippen LogP contribution in [0.2, 0.25) is 5.02 Å². The maximum absolute atomic E-state index is 12.0. The maximum atomic E-state index is 12.0. The summed E-state index contributed by atoms with van der Waals surface area (Å²) in [6.45, 7) is 6.07. The zero-order chi connectivity index (χ0) is 15.6. The molecule has 1 atom stereocenters. The summed E-state index contributed by atoms with van der Waals surface area (Å²) in [4.78, 5) is 15.1. The number of aromatic amines is 1. The van der Waals surface area contributed by atoms with E-state index in [0.717, 1.165) is 16.5 Å². The molecule has 0 saturated carbocycles. The van der Waals surface area contributed by atoms with Crippen LogP contribution in [-0.4, -0.2) is 28.6 Å². The fraction of sp³-hybridized carbons (Fsp3) is 0.438. The van der Waals surface area contributed by atoms with E-state index in [0.29, 0.717) is 5.02 Å². The second kappa shape index (κ2) is 6.08. The van der Waals surface area contributed by atoms with Gasteiger partial charge < -0.3 is 15.4 Å². The number of carbonyl (C=O) groups is 1. The molecule has 0 saturated heterocycles. The maximum Gasteiger partial charge on any atom is 0.224 e. The minimum Gasteiger partial charge on any atom is -0.391 e. The highest BCUT2D eigenvalue weighted by atomic mass is 35.5. The standard InChI is InChI=1S/C16H21ClN2O2/c1-16(2,3)14(20)9-19-15(21)6-10-8-18-13-7-11(17)4-5-12(10)13/h4-5,7-8,14,18,20H,6,9H2,1-3H3,(H,19,21). The highest BCUT2D eigenvalue weighted by Crippen LogP contribution is 2.22. The van der Waals surface area contributed by atoms with Crippen LogP contribution in [0.4, 0.5) is 0 Å². The monoisotopic (exact) mass is 308 g/mol. The molecule has 2 aromatic rings. The highest BCUT2D eigenvalue weighted by molar-refractivity contribution is 6.31. The number of halogens is 1. The van der Waals surface area contributed by atoms with Gasteiger partial charge in [-0.1, -0.05) is 38.4 Å². The van der Waals surface area contributed by atoms with Gasteiger partial charge >= 0.3 is 0 Å². The quantitative estimate of drug-likeness (QED) is 0.813. The van der Waals surface area contributed by atoms with Crippen LogP contribution in [0.25, 0.3) is 10.9 Å². The number of fused-ring (bicyclic) bond motifs is 1. The Morgan fingerprint density at radius 1 is 1.43 bits per heavy atom. The number of aliphatic hydroxyl groups is 1. The van der Waals surface area contributed by atoms with Crippen LogP contribution in [0.5, 0.6) is 0 Å². The molecule has 5 heteroatoms. The molecule has 1 amide bonds. The van der Waals surface area contributed by atoms with Crippen LogP contribution in [0, 0.1) is 5.41 Å². The molecule has 3 N–H and O–H groups in total. The largest absolute Gasteiger partial charge is 0.391 e. The minimum atomic E-state index is -0.566. The Hall–Kier alpha value is -1.52. The van der Waals surface area contributed by atoms with Crippen LogP contribution in [0.15, 0.2) is 24.4 Å². The molecule has 0 spiro atoms. The van der Waals surface area contributed by atoms with Crippen LogP contribution in [0.3, 0.4) is 0 Å². The first-order valence-electron chi connectivity index (χ1n) is 6.97. The van der Waals surface area contributed by atoms with Gasteiger partial charge in [-0.3, -0.25) is 4.79 Å². The topological polar surface area (TPSA) is 65.1 Å². The zero-order valence-electron chi connectivity index (χ0n) is 12.5. The molecular formula is C16H21ClN2O2. The number of carbonyl (C=O) groups excluding carboxylic acids is 1. The lowest BCUT2D eigenvalue weighted by Gasteiger charge is -2.25. The van der Waals surface area contributed by atoms with Crippen molar-refractivity contribution in [2.24, 2.45) is 5.41 Å². The Balaban J connectivity index is 1.99. The summed E-state index contributed by atoms with van der Waals surface area (Å²) >= 11 is 5.93. The molecule has 1 aromatic heterocycles. The van der Waals surface area contributed by atoms with Crippen molar-refractivity contribution in [1.82, 2.24) is 10.3 Å². The molecule has 0 bridgehead atoms. The summed E-state index contributed by atoms with van der Waals surface area (Å²) in [7, 11) is 0. The van der Waals surface area contributed by atoms with E-state index in [1.54, 1.807) is 0 Å². The van der Waals surface area contributed by atoms with Gasteiger partial charge in [0.25, 0.3) is 0 Å². The summed E-state index contributed by atoms with van der Waals surface area (Å²) in [6.07, 6.45) is 1.53. The molecule has 0 aliphatic heterocycles. The van der Waals surface area contributed by atoms with Gasteiger partial charge in [0.05, 0.1) is 12.5 Å². The van der Waals surface area contributed by atoms with E-state index < -0.39 is 6.10 Å². The molecule has 1 heterocycles. The van der Waals surface area contributed by atoms with Crippen molar-refractivity contribution in [2.45, 2.75) is 33.3 Å². The van der Waals surface area contributed by atoms with Gasteiger partial charge in [0.2, 0.25) is 5.91 Å². The predicted molar refractivity (Wildman–Crippen MR) is 85.5 cm³/mol. The first-order chi connectivity index (χ1) is 9.77. The summed E-state index contributed by atoms with van der Waals surface area (Å²) in [6, 6.07) is 5.55. The second-order valence-electron chi connectivity index (χ2n) is 6.37. The van der Waals surface area contributed by atoms with E-state index in [2.05, 4.69) is 10.3 Å². The fourth-order valence-electron chi connectivity index (χ4n) is 2.06. The van der Waals surface area contributed by atoms with Crippen LogP contribution >= 0.6 is 11.6 Å². The van der Waals surface area contributed by atoms with Crippen molar-refractivity contribution in [3.05, 3.63) is 35.0 Å². The van der Waals surface area contributed by atoms with Gasteiger partial charge in [-0.2, -0.15) is 0 Å². The van der Waals surface area contributed by atoms with Crippen molar-refractivity contribution >= 4 is 28.4 Å². The number of benzene rings is 1. The van der Waals surface area contributed by atoms with Crippen LogP contribution < -0.4 is 5.32 Å². The Morgan fingerprint density at radius 3 is 2.81 bits per heavy atom. The van der Waals surface area contributed by atoms with E-state index in [1.165, 1.54) is 0 Å². The molecule has 0 aliphatic rings. The second-order valence-corrected chi connectivity index (χ2v) is 6.80. The number of H-pyrrole nitrogens is 1. The predicted octanol–water partition coefficient (Wildman–Crippen LogP) is 2.89. The minimum absolute atomic E-state index is 0.103. The first-order valence-corrected chi connectivity index (χ1v) is 7.35. The average Bonchev–Trinajstić information content (AvgIpc) is 2.77. The van der Waals surface area contributed by atoms with Gasteiger partial charge in [0, 0.05) is 28.7 Å². The van der Waals surface area contributed by atoms with E-state index >= 15 is 0 Å². The van der Waals surface area contributed by atoms with Gasteiger partial charge in [0.15, 0.2) is 0 Å². The summed E-state index contributed by atoms with van der Waals surface area (Å²) in [5, 5.41) is 14.4. The number of aliphatic hydroxyl groups excluding tert-OH is 1. The lowest BCUT2D eigenvalue weighted by atomic mass is 9.89. The zero-order valence-corrected chi connectivity index (χ0v) is 13.3. The molecule has 0 radical (unpaired) electrons. The molecule has 0 aliphatic carbocycles. The third-order valence-electron chi connectivity index (χ3n) is 3.57. The average molecular weight is 309 g/mol. The summed E-state index contributed by atoms with van der Waals surface area (Å²) in [5.74, 6) is -0.103. The Bertz CT molecular complexity index is 643. The molecular weight excluding hydrogens is 288 g/mol. The van der Waals surface area contributed by atoms with Crippen LogP contribution in [-0.2, 0) is 11.2 Å². The number of hydrogen-bond acceptors (Lipinski definition) is 2. The molecule has 4 nitrogen and oxygen atoms in total. The summed E-state index contributed by atoms with van der Waals surface area (Å²) < 4.78 is 0. The van der Waals surface area contributed by atoms with E-state index in [9.17, 15) is 9.90 Å². The molecule has 1 unspecified atom stereocenters. The number of amides is 1. The van der Waals surface area contributed by atoms with E-state index in [4.69, 9.17) is 11.6 Å². The first kappa shape index (κ1) is 15.9. The van der Waals surface area contributed by atoms with E-state index in [-0.39, 0.29) is 24.3 Å². The molecule has 21 heavy (non-hydrogen) atoms. The normalized spacial score (nSPS) is 13.4.